The molecule has 1 aromatic carbocycles. The number of amides is 1. The van der Waals surface area contributed by atoms with E-state index in [0.717, 1.165) is 4.68 Å². The summed E-state index contributed by atoms with van der Waals surface area (Å²) in [6, 6.07) is 1.30. The van der Waals surface area contributed by atoms with Crippen LogP contribution in [0.1, 0.15) is 38.4 Å². The van der Waals surface area contributed by atoms with Crippen LogP contribution in [0.4, 0.5) is 23.8 Å². The van der Waals surface area contributed by atoms with Crippen LogP contribution in [0.25, 0.3) is 5.69 Å². The molecule has 15 heteroatoms. The number of nitrogens with two attached hydrogens (primary N) is 2. The number of rotatable bonds is 6. The fraction of sp³-hybridized carbons (Fsp3) is 0.389. The number of nitrogens with one attached hydrogen (secondary N) is 1. The van der Waals surface area contributed by atoms with Gasteiger partial charge in [-0.25, -0.2) is 14.9 Å². The minimum atomic E-state index is -4.69. The molecule has 5 N–H and O–H groups in total. The number of hydrogen-bond donors (Lipinski definition) is 3. The molecular formula is C18H21Cl2F3N6O3S. The van der Waals surface area contributed by atoms with Crippen LogP contribution in [-0.4, -0.2) is 37.8 Å². The maximum Gasteiger partial charge on any atom is 0.428 e. The molecular weight excluding hydrogens is 508 g/mol. The average Bonchev–Trinajstić information content (AvgIpc) is 3.02. The van der Waals surface area contributed by atoms with E-state index < -0.39 is 50.1 Å². The van der Waals surface area contributed by atoms with Crippen molar-refractivity contribution in [3.8, 4) is 5.69 Å². The van der Waals surface area contributed by atoms with Gasteiger partial charge in [0.1, 0.15) is 27.7 Å². The van der Waals surface area contributed by atoms with Gasteiger partial charge in [-0.2, -0.15) is 23.4 Å². The number of halogens is 5. The number of nitrogens with zero attached hydrogens (tertiary/aromatic N) is 3. The molecule has 9 nitrogen and oxygen atoms in total. The Labute approximate surface area is 199 Å². The van der Waals surface area contributed by atoms with Crippen molar-refractivity contribution in [1.82, 2.24) is 15.2 Å². The first-order valence-corrected chi connectivity index (χ1v) is 11.5. The van der Waals surface area contributed by atoms with E-state index in [1.54, 1.807) is 13.8 Å². The molecule has 0 bridgehead atoms. The van der Waals surface area contributed by atoms with Gasteiger partial charge in [-0.1, -0.05) is 30.1 Å². The standard InChI is InChI=1S/C18H21Cl2F3N6O3S/c1-5-17(2,3)32-16(30)27-26-14(24)11-13(33(4)31)15(25)29(28-11)12-9(19)6-8(7-10(12)20)18(21,22)23/h6-7H,5,25H2,1-4H3,(H2,24,26)(H,27,30). The molecule has 1 amide bonds. The summed E-state index contributed by atoms with van der Waals surface area (Å²) >= 11 is 12.1. The Morgan fingerprint density at radius 3 is 2.30 bits per heavy atom. The van der Waals surface area contributed by atoms with Crippen LogP contribution in [0, 0.1) is 0 Å². The summed E-state index contributed by atoms with van der Waals surface area (Å²) in [7, 11) is -1.77. The number of hydrazone groups is 1. The summed E-state index contributed by atoms with van der Waals surface area (Å²) in [6.07, 6.45) is -3.78. The number of alkyl halides is 3. The van der Waals surface area contributed by atoms with E-state index in [1.165, 1.54) is 6.26 Å². The number of amidine groups is 1. The number of ether oxygens (including phenoxy) is 1. The van der Waals surface area contributed by atoms with Gasteiger partial charge in [0, 0.05) is 6.26 Å². The molecule has 1 aromatic heterocycles. The van der Waals surface area contributed by atoms with Crippen LogP contribution >= 0.6 is 23.2 Å². The van der Waals surface area contributed by atoms with Crippen molar-refractivity contribution < 1.29 is 26.9 Å². The number of anilines is 1. The van der Waals surface area contributed by atoms with Crippen molar-refractivity contribution in [1.29, 1.82) is 0 Å². The van der Waals surface area contributed by atoms with E-state index in [0.29, 0.717) is 18.6 Å². The fourth-order valence-electron chi connectivity index (χ4n) is 2.47. The SMILES string of the molecule is CCC(C)(C)OC(=O)N/N=C(\N)c1nn(-c2c(Cl)cc(C(F)(F)F)cc2Cl)c(N)c1S(C)=O. The zero-order valence-corrected chi connectivity index (χ0v) is 20.2. The Morgan fingerprint density at radius 2 is 1.85 bits per heavy atom. The monoisotopic (exact) mass is 528 g/mol. The van der Waals surface area contributed by atoms with Gasteiger partial charge in [0.05, 0.1) is 26.4 Å². The molecule has 1 atom stereocenters. The lowest BCUT2D eigenvalue weighted by Gasteiger charge is -2.22. The van der Waals surface area contributed by atoms with Gasteiger partial charge in [0.2, 0.25) is 0 Å². The molecule has 0 saturated carbocycles. The van der Waals surface area contributed by atoms with Gasteiger partial charge in [-0.15, -0.1) is 0 Å². The highest BCUT2D eigenvalue weighted by Gasteiger charge is 2.33. The Balaban J connectivity index is 2.53. The first-order chi connectivity index (χ1) is 15.1. The van der Waals surface area contributed by atoms with Crippen molar-refractivity contribution in [2.45, 2.75) is 43.9 Å². The summed E-state index contributed by atoms with van der Waals surface area (Å²) in [4.78, 5) is 11.8. The lowest BCUT2D eigenvalue weighted by atomic mass is 10.1. The van der Waals surface area contributed by atoms with Crippen LogP contribution in [-0.2, 0) is 21.7 Å². The predicted octanol–water partition coefficient (Wildman–Crippen LogP) is 4.05. The fourth-order valence-corrected chi connectivity index (χ4v) is 3.92. The summed E-state index contributed by atoms with van der Waals surface area (Å²) < 4.78 is 57.5. The number of carbonyl (C=O) groups excluding carboxylic acids is 1. The third-order valence-corrected chi connectivity index (χ3v) is 6.00. The first-order valence-electron chi connectivity index (χ1n) is 9.20. The molecule has 0 spiro atoms. The molecule has 0 radical (unpaired) electrons. The van der Waals surface area contributed by atoms with Gasteiger partial charge in [-0.3, -0.25) is 4.21 Å². The van der Waals surface area contributed by atoms with Crippen molar-refractivity contribution in [2.24, 2.45) is 10.8 Å². The normalized spacial score (nSPS) is 13.7. The molecule has 2 rings (SSSR count). The highest BCUT2D eigenvalue weighted by molar-refractivity contribution is 7.84. The number of hydrogen-bond acceptors (Lipinski definition) is 6. The molecule has 2 aromatic rings. The van der Waals surface area contributed by atoms with Crippen LogP contribution in [0.3, 0.4) is 0 Å². The second-order valence-electron chi connectivity index (χ2n) is 7.33. The molecule has 1 unspecified atom stereocenters. The van der Waals surface area contributed by atoms with E-state index >= 15 is 0 Å². The second-order valence-corrected chi connectivity index (χ2v) is 9.46. The highest BCUT2D eigenvalue weighted by Crippen LogP contribution is 2.39. The van der Waals surface area contributed by atoms with Gasteiger partial charge in [0.25, 0.3) is 0 Å². The van der Waals surface area contributed by atoms with E-state index in [-0.39, 0.29) is 22.1 Å². The van der Waals surface area contributed by atoms with Crippen molar-refractivity contribution in [3.63, 3.8) is 0 Å². The van der Waals surface area contributed by atoms with Crippen molar-refractivity contribution >= 4 is 51.7 Å². The minimum absolute atomic E-state index is 0.0904. The smallest absolute Gasteiger partial charge is 0.428 e. The number of aromatic nitrogens is 2. The molecule has 182 valence electrons. The Morgan fingerprint density at radius 1 is 1.30 bits per heavy atom. The third kappa shape index (κ3) is 6.09. The lowest BCUT2D eigenvalue weighted by molar-refractivity contribution is -0.137. The predicted molar refractivity (Wildman–Crippen MR) is 120 cm³/mol. The Bertz CT molecular complexity index is 1110. The van der Waals surface area contributed by atoms with Gasteiger partial charge in [-0.05, 0) is 32.4 Å². The molecule has 0 fully saturated rings. The van der Waals surface area contributed by atoms with Crippen LogP contribution < -0.4 is 16.9 Å². The zero-order chi connectivity index (χ0) is 25.3. The van der Waals surface area contributed by atoms with Gasteiger partial charge >= 0.3 is 12.3 Å². The first kappa shape index (κ1) is 26.7. The third-order valence-electron chi connectivity index (χ3n) is 4.45. The van der Waals surface area contributed by atoms with Gasteiger partial charge in [0.15, 0.2) is 5.84 Å². The highest BCUT2D eigenvalue weighted by atomic mass is 35.5. The van der Waals surface area contributed by atoms with Crippen LogP contribution in [0.2, 0.25) is 10.0 Å². The topological polar surface area (TPSA) is 138 Å². The summed E-state index contributed by atoms with van der Waals surface area (Å²) in [5.74, 6) is -0.640. The molecule has 0 aliphatic heterocycles. The van der Waals surface area contributed by atoms with E-state index in [4.69, 9.17) is 39.4 Å². The quantitative estimate of drug-likeness (QED) is 0.293. The zero-order valence-electron chi connectivity index (χ0n) is 17.9. The maximum atomic E-state index is 13.0. The van der Waals surface area contributed by atoms with Crippen molar-refractivity contribution in [3.05, 3.63) is 33.4 Å². The second kappa shape index (κ2) is 9.77. The molecule has 0 aliphatic rings. The van der Waals surface area contributed by atoms with E-state index in [9.17, 15) is 22.2 Å². The van der Waals surface area contributed by atoms with Crippen LogP contribution in [0.15, 0.2) is 22.1 Å². The number of benzene rings is 1. The van der Waals surface area contributed by atoms with Crippen molar-refractivity contribution in [2.75, 3.05) is 12.0 Å². The van der Waals surface area contributed by atoms with Gasteiger partial charge < -0.3 is 16.2 Å². The molecule has 0 aliphatic carbocycles. The molecule has 0 saturated heterocycles. The average molecular weight is 529 g/mol. The Hall–Kier alpha value is -2.51. The number of nitrogen functional groups attached to an aromatic ring is 1. The van der Waals surface area contributed by atoms with E-state index in [1.807, 2.05) is 6.92 Å². The largest absolute Gasteiger partial charge is 0.442 e. The summed E-state index contributed by atoms with van der Waals surface area (Å²) in [6.45, 7) is 5.20. The molecule has 33 heavy (non-hydrogen) atoms. The Kier molecular flexibility index (Phi) is 7.92. The minimum Gasteiger partial charge on any atom is -0.442 e. The molecule has 1 heterocycles. The lowest BCUT2D eigenvalue weighted by Crippen LogP contribution is -2.33. The number of carbonyl (C=O) groups is 1. The van der Waals surface area contributed by atoms with Crippen LogP contribution in [0.5, 0.6) is 0 Å². The summed E-state index contributed by atoms with van der Waals surface area (Å²) in [5.41, 5.74) is 11.8. The van der Waals surface area contributed by atoms with E-state index in [2.05, 4.69) is 15.6 Å². The maximum absolute atomic E-state index is 13.0. The summed E-state index contributed by atoms with van der Waals surface area (Å²) in [5, 5.41) is 6.94.